The number of carbonyl (C=O) groups is 2. The van der Waals surface area contributed by atoms with Crippen LogP contribution in [0, 0.1) is 0 Å². The zero-order valence-corrected chi connectivity index (χ0v) is 13.1. The van der Waals surface area contributed by atoms with Crippen LogP contribution in [-0.2, 0) is 23.7 Å². The molecule has 1 aliphatic rings. The summed E-state index contributed by atoms with van der Waals surface area (Å²) in [6, 6.07) is 0. The predicted molar refractivity (Wildman–Crippen MR) is 80.4 cm³/mol. The van der Waals surface area contributed by atoms with Crippen LogP contribution in [-0.4, -0.2) is 44.2 Å². The van der Waals surface area contributed by atoms with Crippen molar-refractivity contribution in [2.75, 3.05) is 26.4 Å². The third kappa shape index (κ3) is 6.76. The van der Waals surface area contributed by atoms with Crippen LogP contribution in [0.15, 0.2) is 24.8 Å². The lowest BCUT2D eigenvalue weighted by molar-refractivity contribution is -0.141. The van der Waals surface area contributed by atoms with Gasteiger partial charge in [0.25, 0.3) is 0 Å². The lowest BCUT2D eigenvalue weighted by atomic mass is 10.1. The van der Waals surface area contributed by atoms with Gasteiger partial charge in [-0.3, -0.25) is 0 Å². The van der Waals surface area contributed by atoms with Crippen molar-refractivity contribution in [2.45, 2.75) is 38.2 Å². The molecule has 22 heavy (non-hydrogen) atoms. The topological polar surface area (TPSA) is 71.1 Å². The minimum Gasteiger partial charge on any atom is -0.459 e. The fraction of sp³-hybridized carbons (Fsp3) is 0.625. The first kappa shape index (κ1) is 18.2. The highest BCUT2D eigenvalue weighted by Crippen LogP contribution is 2.32. The third-order valence-corrected chi connectivity index (χ3v) is 3.33. The van der Waals surface area contributed by atoms with Crippen LogP contribution in [0.1, 0.15) is 32.6 Å². The van der Waals surface area contributed by atoms with E-state index in [9.17, 15) is 9.59 Å². The smallest absolute Gasteiger partial charge is 0.459 e. The largest absolute Gasteiger partial charge is 0.508 e. The van der Waals surface area contributed by atoms with Crippen molar-refractivity contribution in [2.24, 2.45) is 0 Å². The molecule has 0 unspecified atom stereocenters. The van der Waals surface area contributed by atoms with Crippen molar-refractivity contribution >= 4 is 12.1 Å². The van der Waals surface area contributed by atoms with Crippen LogP contribution in [0.3, 0.4) is 0 Å². The summed E-state index contributed by atoms with van der Waals surface area (Å²) in [6.07, 6.45) is 4.65. The molecular formula is C16H24O6. The van der Waals surface area contributed by atoms with E-state index in [-0.39, 0.29) is 25.4 Å². The number of carbonyl (C=O) groups excluding carboxylic acids is 2. The van der Waals surface area contributed by atoms with E-state index in [4.69, 9.17) is 18.9 Å². The zero-order chi connectivity index (χ0) is 16.4. The van der Waals surface area contributed by atoms with Gasteiger partial charge in [-0.05, 0) is 32.6 Å². The van der Waals surface area contributed by atoms with Gasteiger partial charge in [-0.1, -0.05) is 12.7 Å². The van der Waals surface area contributed by atoms with Gasteiger partial charge in [0.2, 0.25) is 0 Å². The van der Waals surface area contributed by atoms with Crippen LogP contribution in [0.25, 0.3) is 0 Å². The molecule has 0 bridgehead atoms. The second-order valence-corrected chi connectivity index (χ2v) is 5.40. The van der Waals surface area contributed by atoms with Gasteiger partial charge in [0.1, 0.15) is 18.8 Å². The molecule has 1 fully saturated rings. The van der Waals surface area contributed by atoms with E-state index in [1.807, 2.05) is 6.92 Å². The third-order valence-electron chi connectivity index (χ3n) is 3.33. The predicted octanol–water partition coefficient (Wildman–Crippen LogP) is 2.77. The second-order valence-electron chi connectivity index (χ2n) is 5.40. The van der Waals surface area contributed by atoms with Crippen molar-refractivity contribution in [3.63, 3.8) is 0 Å². The molecule has 0 aromatic heterocycles. The van der Waals surface area contributed by atoms with Gasteiger partial charge in [-0.15, -0.1) is 6.58 Å². The molecule has 1 saturated carbocycles. The molecule has 0 saturated heterocycles. The average molecular weight is 312 g/mol. The SMILES string of the molecule is C=CCOCC(=C)C(=O)OCCOC(=O)OC1(C)CCCC1. The minimum atomic E-state index is -0.728. The summed E-state index contributed by atoms with van der Waals surface area (Å²) in [5, 5.41) is 0. The fourth-order valence-corrected chi connectivity index (χ4v) is 2.14. The average Bonchev–Trinajstić information content (AvgIpc) is 2.89. The summed E-state index contributed by atoms with van der Waals surface area (Å²) in [6.45, 7) is 9.24. The maximum absolute atomic E-state index is 11.5. The normalized spacial score (nSPS) is 15.9. The molecule has 1 rings (SSSR count). The molecule has 1 aliphatic carbocycles. The van der Waals surface area contributed by atoms with E-state index in [1.54, 1.807) is 6.08 Å². The summed E-state index contributed by atoms with van der Waals surface area (Å²) < 4.78 is 20.1. The molecule has 0 spiro atoms. The first-order valence-electron chi connectivity index (χ1n) is 7.36. The van der Waals surface area contributed by atoms with Gasteiger partial charge < -0.3 is 18.9 Å². The lowest BCUT2D eigenvalue weighted by Gasteiger charge is -2.23. The number of hydrogen-bond acceptors (Lipinski definition) is 6. The molecule has 0 aromatic carbocycles. The number of esters is 1. The Morgan fingerprint density at radius 3 is 2.45 bits per heavy atom. The Morgan fingerprint density at radius 2 is 1.82 bits per heavy atom. The van der Waals surface area contributed by atoms with Crippen LogP contribution in [0.5, 0.6) is 0 Å². The molecule has 0 amide bonds. The maximum atomic E-state index is 11.5. The van der Waals surface area contributed by atoms with Crippen LogP contribution < -0.4 is 0 Å². The van der Waals surface area contributed by atoms with E-state index in [2.05, 4.69) is 13.2 Å². The van der Waals surface area contributed by atoms with Gasteiger partial charge in [-0.25, -0.2) is 9.59 Å². The van der Waals surface area contributed by atoms with E-state index in [0.29, 0.717) is 6.61 Å². The van der Waals surface area contributed by atoms with Crippen LogP contribution in [0.4, 0.5) is 4.79 Å². The lowest BCUT2D eigenvalue weighted by Crippen LogP contribution is -2.29. The van der Waals surface area contributed by atoms with E-state index >= 15 is 0 Å². The Labute approximate surface area is 131 Å². The second kappa shape index (κ2) is 9.25. The van der Waals surface area contributed by atoms with Gasteiger partial charge in [0, 0.05) is 0 Å². The highest BCUT2D eigenvalue weighted by atomic mass is 16.7. The highest BCUT2D eigenvalue weighted by Gasteiger charge is 2.33. The Balaban J connectivity index is 2.11. The summed E-state index contributed by atoms with van der Waals surface area (Å²) in [4.78, 5) is 23.0. The number of ether oxygens (including phenoxy) is 4. The van der Waals surface area contributed by atoms with Crippen molar-refractivity contribution in [1.82, 2.24) is 0 Å². The van der Waals surface area contributed by atoms with Crippen LogP contribution >= 0.6 is 0 Å². The fourth-order valence-electron chi connectivity index (χ4n) is 2.14. The van der Waals surface area contributed by atoms with Crippen LogP contribution in [0.2, 0.25) is 0 Å². The number of rotatable bonds is 9. The van der Waals surface area contributed by atoms with Crippen molar-refractivity contribution in [1.29, 1.82) is 0 Å². The molecule has 124 valence electrons. The van der Waals surface area contributed by atoms with E-state index < -0.39 is 17.7 Å². The first-order chi connectivity index (χ1) is 10.5. The molecular weight excluding hydrogens is 288 g/mol. The Bertz CT molecular complexity index is 409. The summed E-state index contributed by atoms with van der Waals surface area (Å²) in [5.41, 5.74) is -0.229. The standard InChI is InChI=1S/C16H24O6/c1-4-9-19-12-13(2)14(17)20-10-11-21-15(18)22-16(3)7-5-6-8-16/h4H,1-2,5-12H2,3H3. The van der Waals surface area contributed by atoms with Gasteiger partial charge in [0.05, 0.1) is 18.8 Å². The van der Waals surface area contributed by atoms with E-state index in [1.165, 1.54) is 0 Å². The quantitative estimate of drug-likeness (QED) is 0.282. The molecule has 6 nitrogen and oxygen atoms in total. The summed E-state index contributed by atoms with van der Waals surface area (Å²) in [5.74, 6) is -0.580. The highest BCUT2D eigenvalue weighted by molar-refractivity contribution is 5.87. The molecule has 0 radical (unpaired) electrons. The molecule has 0 heterocycles. The van der Waals surface area contributed by atoms with E-state index in [0.717, 1.165) is 25.7 Å². The maximum Gasteiger partial charge on any atom is 0.508 e. The summed E-state index contributed by atoms with van der Waals surface area (Å²) >= 11 is 0. The zero-order valence-electron chi connectivity index (χ0n) is 13.1. The molecule has 6 heteroatoms. The van der Waals surface area contributed by atoms with Gasteiger partial charge in [0.15, 0.2) is 0 Å². The first-order valence-corrected chi connectivity index (χ1v) is 7.36. The Hall–Kier alpha value is -1.82. The monoisotopic (exact) mass is 312 g/mol. The Morgan fingerprint density at radius 1 is 1.18 bits per heavy atom. The number of hydrogen-bond donors (Lipinski definition) is 0. The van der Waals surface area contributed by atoms with Crippen molar-refractivity contribution in [3.05, 3.63) is 24.8 Å². The molecule has 0 atom stereocenters. The Kier molecular flexibility index (Phi) is 7.66. The molecule has 0 aliphatic heterocycles. The minimum absolute atomic E-state index is 0.0505. The summed E-state index contributed by atoms with van der Waals surface area (Å²) in [7, 11) is 0. The van der Waals surface area contributed by atoms with Gasteiger partial charge >= 0.3 is 12.1 Å². The van der Waals surface area contributed by atoms with Gasteiger partial charge in [-0.2, -0.15) is 0 Å². The molecule has 0 N–H and O–H groups in total. The molecule has 0 aromatic rings. The van der Waals surface area contributed by atoms with Crippen molar-refractivity contribution in [3.8, 4) is 0 Å². The van der Waals surface area contributed by atoms with Crippen molar-refractivity contribution < 1.29 is 28.5 Å².